The SMILES string of the molecule is c1ccc(N2CCN(CCOc3cccc4ccccc34)CC2)cc1. The summed E-state index contributed by atoms with van der Waals surface area (Å²) in [6, 6.07) is 25.3. The molecule has 0 spiro atoms. The summed E-state index contributed by atoms with van der Waals surface area (Å²) in [6.07, 6.45) is 0. The van der Waals surface area contributed by atoms with Crippen LogP contribution < -0.4 is 9.64 Å². The molecule has 3 aromatic carbocycles. The summed E-state index contributed by atoms with van der Waals surface area (Å²) < 4.78 is 6.08. The molecule has 1 aliphatic heterocycles. The van der Waals surface area contributed by atoms with E-state index in [1.54, 1.807) is 0 Å². The standard InChI is InChI=1S/C22H24N2O/c1-2-9-20(10-3-1)24-15-13-23(14-16-24)17-18-25-22-12-6-8-19-7-4-5-11-21(19)22/h1-12H,13-18H2. The highest BCUT2D eigenvalue weighted by atomic mass is 16.5. The molecule has 1 fully saturated rings. The van der Waals surface area contributed by atoms with Crippen molar-refractivity contribution in [1.29, 1.82) is 0 Å². The number of para-hydroxylation sites is 1. The van der Waals surface area contributed by atoms with E-state index in [1.165, 1.54) is 16.5 Å². The van der Waals surface area contributed by atoms with Gasteiger partial charge >= 0.3 is 0 Å². The lowest BCUT2D eigenvalue weighted by Gasteiger charge is -2.36. The smallest absolute Gasteiger partial charge is 0.127 e. The Morgan fingerprint density at radius 3 is 2.28 bits per heavy atom. The van der Waals surface area contributed by atoms with E-state index < -0.39 is 0 Å². The van der Waals surface area contributed by atoms with Crippen LogP contribution in [-0.2, 0) is 0 Å². The van der Waals surface area contributed by atoms with Crippen molar-refractivity contribution in [3.8, 4) is 5.75 Å². The molecule has 0 unspecified atom stereocenters. The molecule has 4 rings (SSSR count). The summed E-state index contributed by atoms with van der Waals surface area (Å²) in [4.78, 5) is 4.95. The first-order valence-corrected chi connectivity index (χ1v) is 9.03. The molecule has 0 atom stereocenters. The lowest BCUT2D eigenvalue weighted by Crippen LogP contribution is -2.47. The predicted molar refractivity (Wildman–Crippen MR) is 105 cm³/mol. The van der Waals surface area contributed by atoms with E-state index in [0.29, 0.717) is 0 Å². The number of rotatable bonds is 5. The molecular weight excluding hydrogens is 308 g/mol. The Bertz CT molecular complexity index is 805. The average Bonchev–Trinajstić information content (AvgIpc) is 2.69. The van der Waals surface area contributed by atoms with Crippen LogP contribution in [0.4, 0.5) is 5.69 Å². The fourth-order valence-electron chi connectivity index (χ4n) is 3.47. The Kier molecular flexibility index (Phi) is 4.84. The van der Waals surface area contributed by atoms with Crippen LogP contribution in [0.25, 0.3) is 10.8 Å². The zero-order chi connectivity index (χ0) is 16.9. The fourth-order valence-corrected chi connectivity index (χ4v) is 3.47. The first-order chi connectivity index (χ1) is 12.4. The lowest BCUT2D eigenvalue weighted by atomic mass is 10.1. The summed E-state index contributed by atoms with van der Waals surface area (Å²) in [5.41, 5.74) is 1.33. The van der Waals surface area contributed by atoms with E-state index in [-0.39, 0.29) is 0 Å². The van der Waals surface area contributed by atoms with Gasteiger partial charge in [-0.3, -0.25) is 4.90 Å². The molecule has 1 heterocycles. The summed E-state index contributed by atoms with van der Waals surface area (Å²) in [5, 5.41) is 2.43. The van der Waals surface area contributed by atoms with Crippen molar-refractivity contribution < 1.29 is 4.74 Å². The molecule has 0 bridgehead atoms. The number of benzene rings is 3. The first-order valence-electron chi connectivity index (χ1n) is 9.03. The van der Waals surface area contributed by atoms with Crippen molar-refractivity contribution >= 4 is 16.5 Å². The van der Waals surface area contributed by atoms with E-state index in [4.69, 9.17) is 4.74 Å². The average molecular weight is 332 g/mol. The largest absolute Gasteiger partial charge is 0.492 e. The number of nitrogens with zero attached hydrogens (tertiary/aromatic N) is 2. The minimum atomic E-state index is 0.735. The predicted octanol–water partition coefficient (Wildman–Crippen LogP) is 4.04. The summed E-state index contributed by atoms with van der Waals surface area (Å²) in [6.45, 7) is 6.06. The third-order valence-electron chi connectivity index (χ3n) is 4.91. The molecule has 3 nitrogen and oxygen atoms in total. The van der Waals surface area contributed by atoms with Gasteiger partial charge in [-0.25, -0.2) is 0 Å². The third-order valence-corrected chi connectivity index (χ3v) is 4.91. The topological polar surface area (TPSA) is 15.7 Å². The van der Waals surface area contributed by atoms with Gasteiger partial charge in [0.1, 0.15) is 12.4 Å². The number of ether oxygens (including phenoxy) is 1. The van der Waals surface area contributed by atoms with Gasteiger partial charge in [-0.1, -0.05) is 54.6 Å². The Hall–Kier alpha value is -2.52. The van der Waals surface area contributed by atoms with E-state index in [2.05, 4.69) is 82.6 Å². The van der Waals surface area contributed by atoms with Gasteiger partial charge < -0.3 is 9.64 Å². The Morgan fingerprint density at radius 2 is 1.44 bits per heavy atom. The second kappa shape index (κ2) is 7.58. The van der Waals surface area contributed by atoms with Gasteiger partial charge in [0.05, 0.1) is 0 Å². The summed E-state index contributed by atoms with van der Waals surface area (Å²) in [5.74, 6) is 0.987. The molecule has 0 radical (unpaired) electrons. The molecule has 1 aliphatic rings. The quantitative estimate of drug-likeness (QED) is 0.701. The molecule has 0 amide bonds. The molecule has 0 saturated carbocycles. The van der Waals surface area contributed by atoms with Gasteiger partial charge in [0.25, 0.3) is 0 Å². The van der Waals surface area contributed by atoms with E-state index >= 15 is 0 Å². The molecule has 3 heteroatoms. The normalized spacial score (nSPS) is 15.4. The highest BCUT2D eigenvalue weighted by Crippen LogP contribution is 2.25. The highest BCUT2D eigenvalue weighted by molar-refractivity contribution is 5.88. The first kappa shape index (κ1) is 16.0. The van der Waals surface area contributed by atoms with Crippen molar-refractivity contribution in [2.24, 2.45) is 0 Å². The maximum atomic E-state index is 6.08. The number of anilines is 1. The molecule has 1 saturated heterocycles. The summed E-state index contributed by atoms with van der Waals surface area (Å²) in [7, 11) is 0. The monoisotopic (exact) mass is 332 g/mol. The molecule has 3 aromatic rings. The minimum absolute atomic E-state index is 0.735. The van der Waals surface area contributed by atoms with Crippen molar-refractivity contribution in [3.05, 3.63) is 72.8 Å². The van der Waals surface area contributed by atoms with Gasteiger partial charge in [0.2, 0.25) is 0 Å². The number of hydrogen-bond donors (Lipinski definition) is 0. The van der Waals surface area contributed by atoms with Crippen molar-refractivity contribution in [2.75, 3.05) is 44.2 Å². The molecule has 0 aromatic heterocycles. The van der Waals surface area contributed by atoms with Crippen molar-refractivity contribution in [2.45, 2.75) is 0 Å². The van der Waals surface area contributed by atoms with Crippen molar-refractivity contribution in [1.82, 2.24) is 4.90 Å². The number of hydrogen-bond acceptors (Lipinski definition) is 3. The molecule has 25 heavy (non-hydrogen) atoms. The highest BCUT2D eigenvalue weighted by Gasteiger charge is 2.16. The molecule has 0 N–H and O–H groups in total. The van der Waals surface area contributed by atoms with Gasteiger partial charge in [-0.05, 0) is 23.6 Å². The van der Waals surface area contributed by atoms with Crippen LogP contribution in [0, 0.1) is 0 Å². The Labute approximate surface area is 149 Å². The maximum absolute atomic E-state index is 6.08. The molecule has 128 valence electrons. The van der Waals surface area contributed by atoms with E-state index in [9.17, 15) is 0 Å². The van der Waals surface area contributed by atoms with Gasteiger partial charge in [-0.15, -0.1) is 0 Å². The zero-order valence-electron chi connectivity index (χ0n) is 14.5. The van der Waals surface area contributed by atoms with Crippen LogP contribution >= 0.6 is 0 Å². The Morgan fingerprint density at radius 1 is 0.720 bits per heavy atom. The van der Waals surface area contributed by atoms with E-state index in [1.807, 2.05) is 0 Å². The third kappa shape index (κ3) is 3.77. The van der Waals surface area contributed by atoms with Crippen LogP contribution in [0.1, 0.15) is 0 Å². The van der Waals surface area contributed by atoms with E-state index in [0.717, 1.165) is 45.1 Å². The molecule has 0 aliphatic carbocycles. The van der Waals surface area contributed by atoms with Gasteiger partial charge in [-0.2, -0.15) is 0 Å². The van der Waals surface area contributed by atoms with Gasteiger partial charge in [0, 0.05) is 43.8 Å². The second-order valence-electron chi connectivity index (χ2n) is 6.49. The Balaban J connectivity index is 1.28. The fraction of sp³-hybridized carbons (Fsp3) is 0.273. The number of piperazine rings is 1. The second-order valence-corrected chi connectivity index (χ2v) is 6.49. The van der Waals surface area contributed by atoms with Crippen LogP contribution in [-0.4, -0.2) is 44.2 Å². The lowest BCUT2D eigenvalue weighted by molar-refractivity contribution is 0.201. The summed E-state index contributed by atoms with van der Waals surface area (Å²) >= 11 is 0. The van der Waals surface area contributed by atoms with Gasteiger partial charge in [0.15, 0.2) is 0 Å². The van der Waals surface area contributed by atoms with Crippen LogP contribution in [0.5, 0.6) is 5.75 Å². The maximum Gasteiger partial charge on any atom is 0.127 e. The minimum Gasteiger partial charge on any atom is -0.492 e. The van der Waals surface area contributed by atoms with Crippen molar-refractivity contribution in [3.63, 3.8) is 0 Å². The molecular formula is C22H24N2O. The van der Waals surface area contributed by atoms with Crippen LogP contribution in [0.2, 0.25) is 0 Å². The van der Waals surface area contributed by atoms with Crippen LogP contribution in [0.3, 0.4) is 0 Å². The zero-order valence-corrected chi connectivity index (χ0v) is 14.5. The van der Waals surface area contributed by atoms with Crippen LogP contribution in [0.15, 0.2) is 72.8 Å². The number of fused-ring (bicyclic) bond motifs is 1.